The molecule has 1 unspecified atom stereocenters. The van der Waals surface area contributed by atoms with Crippen molar-refractivity contribution in [1.82, 2.24) is 5.32 Å². The zero-order valence-electron chi connectivity index (χ0n) is 17.4. The SMILES string of the molecule is CC1(C)CC(=O)C2=C(C1)NC(C)(c1ccc(C(N)=O)c(Nc3ccc(F)cc3)c1)C2. The lowest BCUT2D eigenvalue weighted by Crippen LogP contribution is -2.35. The first kappa shape index (κ1) is 20.1. The topological polar surface area (TPSA) is 84.2 Å². The number of hydrogen-bond acceptors (Lipinski definition) is 4. The van der Waals surface area contributed by atoms with Gasteiger partial charge < -0.3 is 16.4 Å². The number of benzene rings is 2. The number of ketones is 1. The molecule has 0 radical (unpaired) electrons. The third-order valence-electron chi connectivity index (χ3n) is 6.00. The molecular formula is C24H26FN3O2. The summed E-state index contributed by atoms with van der Waals surface area (Å²) in [5.74, 6) is -0.683. The highest BCUT2D eigenvalue weighted by molar-refractivity contribution is 6.00. The summed E-state index contributed by atoms with van der Waals surface area (Å²) < 4.78 is 13.2. The second kappa shape index (κ2) is 6.97. The van der Waals surface area contributed by atoms with Gasteiger partial charge in [0.1, 0.15) is 5.82 Å². The van der Waals surface area contributed by atoms with Gasteiger partial charge in [0.25, 0.3) is 5.91 Å². The van der Waals surface area contributed by atoms with E-state index in [0.29, 0.717) is 29.8 Å². The van der Waals surface area contributed by atoms with E-state index in [9.17, 15) is 14.0 Å². The smallest absolute Gasteiger partial charge is 0.250 e. The van der Waals surface area contributed by atoms with E-state index in [4.69, 9.17) is 5.73 Å². The number of primary amides is 1. The summed E-state index contributed by atoms with van der Waals surface area (Å²) in [5, 5.41) is 6.76. The zero-order chi connectivity index (χ0) is 21.7. The molecule has 1 amide bonds. The second-order valence-corrected chi connectivity index (χ2v) is 9.29. The summed E-state index contributed by atoms with van der Waals surface area (Å²) in [5.41, 5.74) is 9.43. The molecule has 2 aromatic carbocycles. The summed E-state index contributed by atoms with van der Waals surface area (Å²) in [6.07, 6.45) is 1.99. The van der Waals surface area contributed by atoms with Gasteiger partial charge in [-0.05, 0) is 60.7 Å². The van der Waals surface area contributed by atoms with Gasteiger partial charge in [0.15, 0.2) is 5.78 Å². The molecule has 1 aliphatic heterocycles. The van der Waals surface area contributed by atoms with E-state index in [1.807, 2.05) is 12.1 Å². The fourth-order valence-corrected chi connectivity index (χ4v) is 4.48. The van der Waals surface area contributed by atoms with Crippen molar-refractivity contribution >= 4 is 23.1 Å². The maximum atomic E-state index is 13.2. The van der Waals surface area contributed by atoms with Crippen molar-refractivity contribution in [3.05, 3.63) is 70.7 Å². The zero-order valence-corrected chi connectivity index (χ0v) is 17.4. The maximum absolute atomic E-state index is 13.2. The maximum Gasteiger partial charge on any atom is 0.250 e. The monoisotopic (exact) mass is 407 g/mol. The molecule has 6 heteroatoms. The molecule has 0 bridgehead atoms. The molecule has 0 spiro atoms. The van der Waals surface area contributed by atoms with Crippen LogP contribution in [0.3, 0.4) is 0 Å². The Kier molecular flexibility index (Phi) is 4.68. The Morgan fingerprint density at radius 1 is 1.07 bits per heavy atom. The quantitative estimate of drug-likeness (QED) is 0.696. The van der Waals surface area contributed by atoms with Gasteiger partial charge in [-0.1, -0.05) is 19.9 Å². The number of anilines is 2. The van der Waals surface area contributed by atoms with E-state index in [1.165, 1.54) is 12.1 Å². The molecule has 156 valence electrons. The van der Waals surface area contributed by atoms with Crippen LogP contribution in [0.5, 0.6) is 0 Å². The first-order valence-corrected chi connectivity index (χ1v) is 10.1. The Morgan fingerprint density at radius 3 is 2.43 bits per heavy atom. The summed E-state index contributed by atoms with van der Waals surface area (Å²) in [6.45, 7) is 6.28. The van der Waals surface area contributed by atoms with Crippen LogP contribution in [0.1, 0.15) is 56.0 Å². The molecule has 2 aromatic rings. The van der Waals surface area contributed by atoms with Crippen molar-refractivity contribution in [2.75, 3.05) is 5.32 Å². The van der Waals surface area contributed by atoms with E-state index >= 15 is 0 Å². The first-order valence-electron chi connectivity index (χ1n) is 10.1. The number of carbonyl (C=O) groups is 2. The summed E-state index contributed by atoms with van der Waals surface area (Å²) in [7, 11) is 0. The minimum atomic E-state index is -0.551. The van der Waals surface area contributed by atoms with Gasteiger partial charge in [-0.15, -0.1) is 0 Å². The molecule has 2 aliphatic rings. The van der Waals surface area contributed by atoms with Gasteiger partial charge in [-0.25, -0.2) is 4.39 Å². The molecule has 0 aromatic heterocycles. The van der Waals surface area contributed by atoms with E-state index in [-0.39, 0.29) is 17.0 Å². The van der Waals surface area contributed by atoms with Crippen LogP contribution in [0, 0.1) is 11.2 Å². The number of nitrogens with two attached hydrogens (primary N) is 1. The standard InChI is InChI=1S/C24H26FN3O2/c1-23(2)12-20-18(21(29)13-23)11-24(3,28-20)14-4-9-17(22(26)30)19(10-14)27-16-7-5-15(25)6-8-16/h4-10,27-28H,11-13H2,1-3H3,(H2,26,30). The normalized spacial score (nSPS) is 22.5. The lowest BCUT2D eigenvalue weighted by atomic mass is 9.75. The van der Waals surface area contributed by atoms with Crippen LogP contribution < -0.4 is 16.4 Å². The van der Waals surface area contributed by atoms with Crippen molar-refractivity contribution in [3.63, 3.8) is 0 Å². The number of rotatable bonds is 4. The lowest BCUT2D eigenvalue weighted by molar-refractivity contribution is -0.118. The molecule has 1 aliphatic carbocycles. The van der Waals surface area contributed by atoms with Gasteiger partial charge in [0, 0.05) is 29.8 Å². The molecule has 30 heavy (non-hydrogen) atoms. The van der Waals surface area contributed by atoms with Crippen LogP contribution in [0.25, 0.3) is 0 Å². The number of amides is 1. The van der Waals surface area contributed by atoms with Crippen LogP contribution >= 0.6 is 0 Å². The number of hydrogen-bond donors (Lipinski definition) is 3. The van der Waals surface area contributed by atoms with Crippen molar-refractivity contribution in [2.24, 2.45) is 11.1 Å². The fraction of sp³-hybridized carbons (Fsp3) is 0.333. The first-order chi connectivity index (χ1) is 14.1. The molecular weight excluding hydrogens is 381 g/mol. The minimum absolute atomic E-state index is 0.0563. The summed E-state index contributed by atoms with van der Waals surface area (Å²) >= 11 is 0. The third-order valence-corrected chi connectivity index (χ3v) is 6.00. The van der Waals surface area contributed by atoms with Crippen LogP contribution in [0.15, 0.2) is 53.7 Å². The highest BCUT2D eigenvalue weighted by Crippen LogP contribution is 2.46. The Bertz CT molecular complexity index is 1070. The molecule has 5 nitrogen and oxygen atoms in total. The predicted molar refractivity (Wildman–Crippen MR) is 115 cm³/mol. The number of Topliss-reactive ketones (excluding diaryl/α,β-unsaturated/α-hetero) is 1. The third kappa shape index (κ3) is 3.70. The Balaban J connectivity index is 1.67. The van der Waals surface area contributed by atoms with Crippen LogP contribution in [0.2, 0.25) is 0 Å². The number of halogens is 1. The van der Waals surface area contributed by atoms with Crippen molar-refractivity contribution in [1.29, 1.82) is 0 Å². The largest absolute Gasteiger partial charge is 0.378 e. The predicted octanol–water partition coefficient (Wildman–Crippen LogP) is 4.52. The van der Waals surface area contributed by atoms with E-state index < -0.39 is 11.4 Å². The summed E-state index contributed by atoms with van der Waals surface area (Å²) in [6, 6.07) is 11.3. The van der Waals surface area contributed by atoms with Gasteiger partial charge in [-0.2, -0.15) is 0 Å². The Hall–Kier alpha value is -3.15. The van der Waals surface area contributed by atoms with Crippen molar-refractivity contribution < 1.29 is 14.0 Å². The van der Waals surface area contributed by atoms with Crippen molar-refractivity contribution in [2.45, 2.75) is 45.6 Å². The van der Waals surface area contributed by atoms with Gasteiger partial charge >= 0.3 is 0 Å². The average Bonchev–Trinajstić information content (AvgIpc) is 3.00. The second-order valence-electron chi connectivity index (χ2n) is 9.29. The number of allylic oxidation sites excluding steroid dienone is 1. The molecule has 0 fully saturated rings. The van der Waals surface area contributed by atoms with E-state index in [1.54, 1.807) is 18.2 Å². The Morgan fingerprint density at radius 2 is 1.77 bits per heavy atom. The van der Waals surface area contributed by atoms with E-state index in [2.05, 4.69) is 31.4 Å². The molecule has 4 rings (SSSR count). The van der Waals surface area contributed by atoms with Crippen LogP contribution in [-0.4, -0.2) is 11.7 Å². The highest BCUT2D eigenvalue weighted by Gasteiger charge is 2.43. The Labute approximate surface area is 175 Å². The number of carbonyl (C=O) groups excluding carboxylic acids is 2. The minimum Gasteiger partial charge on any atom is -0.378 e. The van der Waals surface area contributed by atoms with Crippen LogP contribution in [0.4, 0.5) is 15.8 Å². The van der Waals surface area contributed by atoms with Gasteiger partial charge in [-0.3, -0.25) is 9.59 Å². The molecule has 1 atom stereocenters. The highest BCUT2D eigenvalue weighted by atomic mass is 19.1. The molecule has 0 saturated carbocycles. The molecule has 4 N–H and O–H groups in total. The van der Waals surface area contributed by atoms with Crippen LogP contribution in [-0.2, 0) is 10.3 Å². The summed E-state index contributed by atoms with van der Waals surface area (Å²) in [4.78, 5) is 24.6. The molecule has 1 heterocycles. The molecule has 0 saturated heterocycles. The fourth-order valence-electron chi connectivity index (χ4n) is 4.48. The van der Waals surface area contributed by atoms with Gasteiger partial charge in [0.05, 0.1) is 16.8 Å². The van der Waals surface area contributed by atoms with Gasteiger partial charge in [0.2, 0.25) is 0 Å². The number of nitrogens with one attached hydrogen (secondary N) is 2. The average molecular weight is 407 g/mol. The lowest BCUT2D eigenvalue weighted by Gasteiger charge is -2.31. The van der Waals surface area contributed by atoms with E-state index in [0.717, 1.165) is 23.3 Å². The van der Waals surface area contributed by atoms with Crippen molar-refractivity contribution in [3.8, 4) is 0 Å².